The van der Waals surface area contributed by atoms with E-state index >= 15 is 0 Å². The molecule has 0 aliphatic rings. The highest BCUT2D eigenvalue weighted by molar-refractivity contribution is 7.99. The molecule has 0 aliphatic heterocycles. The molecule has 2 aromatic heterocycles. The lowest BCUT2D eigenvalue weighted by Gasteiger charge is -2.13. The molecule has 0 bridgehead atoms. The summed E-state index contributed by atoms with van der Waals surface area (Å²) in [4.78, 5) is 20.3. The zero-order valence-corrected chi connectivity index (χ0v) is 18.4. The zero-order chi connectivity index (χ0) is 22.8. The topological polar surface area (TPSA) is 119 Å². The minimum Gasteiger partial charge on any atom is -0.490 e. The fourth-order valence-electron chi connectivity index (χ4n) is 3.15. The molecule has 0 aliphatic carbocycles. The van der Waals surface area contributed by atoms with E-state index in [9.17, 15) is 15.4 Å². The van der Waals surface area contributed by atoms with Gasteiger partial charge in [0.05, 0.1) is 28.3 Å². The van der Waals surface area contributed by atoms with Gasteiger partial charge in [0, 0.05) is 41.6 Å². The number of nitrogens with one attached hydrogen (secondary N) is 1. The van der Waals surface area contributed by atoms with Crippen molar-refractivity contribution in [2.24, 2.45) is 7.05 Å². The number of hydrogen-bond acceptors (Lipinski definition) is 8. The molecule has 0 unspecified atom stereocenters. The van der Waals surface area contributed by atoms with E-state index in [1.165, 1.54) is 31.1 Å². The van der Waals surface area contributed by atoms with Gasteiger partial charge in [0.2, 0.25) is 0 Å². The van der Waals surface area contributed by atoms with E-state index in [0.717, 1.165) is 10.1 Å². The Morgan fingerprint density at radius 3 is 2.75 bits per heavy atom. The van der Waals surface area contributed by atoms with Gasteiger partial charge in [-0.25, -0.2) is 9.97 Å². The van der Waals surface area contributed by atoms with Crippen LogP contribution >= 0.6 is 23.4 Å². The number of halogens is 1. The summed E-state index contributed by atoms with van der Waals surface area (Å²) in [7, 11) is 3.24. The van der Waals surface area contributed by atoms with Crippen LogP contribution in [-0.4, -0.2) is 26.6 Å². The molecule has 9 nitrogen and oxygen atoms in total. The predicted molar refractivity (Wildman–Crippen MR) is 122 cm³/mol. The molecule has 11 heteroatoms. The fraction of sp³-hybridized carbons (Fsp3) is 0.0952. The lowest BCUT2D eigenvalue weighted by molar-refractivity contribution is -0.384. The normalized spacial score (nSPS) is 10.7. The Morgan fingerprint density at radius 2 is 2.12 bits per heavy atom. The smallest absolute Gasteiger partial charge is 0.336 e. The van der Waals surface area contributed by atoms with E-state index in [1.54, 1.807) is 18.3 Å². The first kappa shape index (κ1) is 21.4. The minimum absolute atomic E-state index is 0.0874. The summed E-state index contributed by atoms with van der Waals surface area (Å²) in [6.07, 6.45) is 4.85. The standard InChI is InChI=1S/C21H15ClN6O3S/c1-27-8-7-24-21(27)32-17-6-3-13(9-15(17)22)26-18-12(10-23)11-25-19-14(18)4-5-16(31-2)20(19)28(29)30/h3-9,11H,1-2H3,(H,25,26). The molecular formula is C21H15ClN6O3S. The van der Waals surface area contributed by atoms with E-state index in [1.807, 2.05) is 29.9 Å². The van der Waals surface area contributed by atoms with Gasteiger partial charge in [0.15, 0.2) is 16.4 Å². The number of nitriles is 1. The van der Waals surface area contributed by atoms with Gasteiger partial charge in [-0.3, -0.25) is 10.1 Å². The number of nitro groups is 1. The van der Waals surface area contributed by atoms with E-state index in [2.05, 4.69) is 21.4 Å². The van der Waals surface area contributed by atoms with Crippen molar-refractivity contribution in [3.8, 4) is 11.8 Å². The summed E-state index contributed by atoms with van der Waals surface area (Å²) < 4.78 is 7.00. The van der Waals surface area contributed by atoms with Crippen molar-refractivity contribution < 1.29 is 9.66 Å². The van der Waals surface area contributed by atoms with Crippen molar-refractivity contribution in [1.29, 1.82) is 5.26 Å². The molecule has 4 rings (SSSR count). The molecule has 2 heterocycles. The first-order valence-corrected chi connectivity index (χ1v) is 10.4. The number of aryl methyl sites for hydroxylation is 1. The molecule has 0 fully saturated rings. The monoisotopic (exact) mass is 466 g/mol. The van der Waals surface area contributed by atoms with Gasteiger partial charge < -0.3 is 14.6 Å². The van der Waals surface area contributed by atoms with Crippen molar-refractivity contribution in [3.63, 3.8) is 0 Å². The number of methoxy groups -OCH3 is 1. The summed E-state index contributed by atoms with van der Waals surface area (Å²) in [6, 6.07) is 10.5. The van der Waals surface area contributed by atoms with Crippen LogP contribution in [0.15, 0.2) is 59.0 Å². The van der Waals surface area contributed by atoms with Crippen molar-refractivity contribution in [2.45, 2.75) is 10.1 Å². The van der Waals surface area contributed by atoms with Gasteiger partial charge in [-0.2, -0.15) is 5.26 Å². The summed E-state index contributed by atoms with van der Waals surface area (Å²) in [6.45, 7) is 0. The van der Waals surface area contributed by atoms with Gasteiger partial charge in [-0.05, 0) is 30.3 Å². The van der Waals surface area contributed by atoms with E-state index in [0.29, 0.717) is 21.8 Å². The summed E-state index contributed by atoms with van der Waals surface area (Å²) in [5.74, 6) is 0.0874. The number of anilines is 2. The highest BCUT2D eigenvalue weighted by Crippen LogP contribution is 2.40. The second-order valence-electron chi connectivity index (χ2n) is 6.62. The van der Waals surface area contributed by atoms with Crippen LogP contribution in [0.5, 0.6) is 5.75 Å². The van der Waals surface area contributed by atoms with E-state index in [-0.39, 0.29) is 22.5 Å². The minimum atomic E-state index is -0.551. The average molecular weight is 467 g/mol. The Morgan fingerprint density at radius 1 is 1.31 bits per heavy atom. The quantitative estimate of drug-likeness (QED) is 0.300. The number of nitrogens with zero attached hydrogens (tertiary/aromatic N) is 5. The number of pyridine rings is 1. The Balaban J connectivity index is 1.76. The maximum Gasteiger partial charge on any atom is 0.336 e. The first-order chi connectivity index (χ1) is 15.4. The van der Waals surface area contributed by atoms with Crippen molar-refractivity contribution in [1.82, 2.24) is 14.5 Å². The predicted octanol–water partition coefficient (Wildman–Crippen LogP) is 5.30. The number of imidazole rings is 1. The van der Waals surface area contributed by atoms with Crippen LogP contribution in [0.25, 0.3) is 10.9 Å². The molecule has 0 spiro atoms. The zero-order valence-electron chi connectivity index (χ0n) is 16.9. The van der Waals surface area contributed by atoms with Gasteiger partial charge >= 0.3 is 5.69 Å². The van der Waals surface area contributed by atoms with E-state index < -0.39 is 4.92 Å². The second-order valence-corrected chi connectivity index (χ2v) is 8.04. The molecule has 160 valence electrons. The fourth-order valence-corrected chi connectivity index (χ4v) is 4.25. The molecule has 0 atom stereocenters. The van der Waals surface area contributed by atoms with Gasteiger partial charge in [-0.15, -0.1) is 0 Å². The third-order valence-corrected chi connectivity index (χ3v) is 6.25. The van der Waals surface area contributed by atoms with Crippen LogP contribution in [0.2, 0.25) is 5.02 Å². The van der Waals surface area contributed by atoms with Crippen molar-refractivity contribution in [3.05, 3.63) is 69.6 Å². The maximum absolute atomic E-state index is 11.6. The highest BCUT2D eigenvalue weighted by atomic mass is 35.5. The van der Waals surface area contributed by atoms with Gasteiger partial charge in [0.25, 0.3) is 0 Å². The Bertz CT molecular complexity index is 1400. The Labute approximate surface area is 191 Å². The molecule has 0 amide bonds. The second kappa shape index (κ2) is 8.74. The molecule has 1 N–H and O–H groups in total. The molecule has 32 heavy (non-hydrogen) atoms. The third-order valence-electron chi connectivity index (χ3n) is 4.68. The first-order valence-electron chi connectivity index (χ1n) is 9.19. The summed E-state index contributed by atoms with van der Waals surface area (Å²) in [5.41, 5.74) is 1.09. The molecule has 2 aromatic carbocycles. The molecule has 0 radical (unpaired) electrons. The van der Waals surface area contributed by atoms with Gasteiger partial charge in [0.1, 0.15) is 6.07 Å². The highest BCUT2D eigenvalue weighted by Gasteiger charge is 2.23. The molecule has 0 saturated carbocycles. The molecule has 0 saturated heterocycles. The maximum atomic E-state index is 11.6. The number of nitro benzene ring substituents is 1. The van der Waals surface area contributed by atoms with Crippen LogP contribution < -0.4 is 10.1 Å². The lowest BCUT2D eigenvalue weighted by Crippen LogP contribution is -2.01. The molecule has 4 aromatic rings. The van der Waals surface area contributed by atoms with Crippen molar-refractivity contribution >= 4 is 51.3 Å². The number of aromatic nitrogens is 3. The van der Waals surface area contributed by atoms with Gasteiger partial charge in [-0.1, -0.05) is 23.4 Å². The number of ether oxygens (including phenoxy) is 1. The summed E-state index contributed by atoms with van der Waals surface area (Å²) in [5, 5.41) is 26.1. The average Bonchev–Trinajstić information content (AvgIpc) is 3.19. The number of fused-ring (bicyclic) bond motifs is 1. The van der Waals surface area contributed by atoms with Crippen molar-refractivity contribution in [2.75, 3.05) is 12.4 Å². The van der Waals surface area contributed by atoms with Crippen LogP contribution in [0.3, 0.4) is 0 Å². The third kappa shape index (κ3) is 3.91. The largest absolute Gasteiger partial charge is 0.490 e. The summed E-state index contributed by atoms with van der Waals surface area (Å²) >= 11 is 7.90. The number of hydrogen-bond donors (Lipinski definition) is 1. The Hall–Kier alpha value is -3.81. The number of rotatable bonds is 6. The van der Waals surface area contributed by atoms with Crippen LogP contribution in [0.4, 0.5) is 17.1 Å². The van der Waals surface area contributed by atoms with Crippen LogP contribution in [0.1, 0.15) is 5.56 Å². The number of benzene rings is 2. The lowest BCUT2D eigenvalue weighted by atomic mass is 10.1. The van der Waals surface area contributed by atoms with Crippen LogP contribution in [0, 0.1) is 21.4 Å². The SMILES string of the molecule is COc1ccc2c(Nc3ccc(Sc4nccn4C)c(Cl)c3)c(C#N)cnc2c1[N+](=O)[O-]. The Kier molecular flexibility index (Phi) is 5.85. The van der Waals surface area contributed by atoms with E-state index in [4.69, 9.17) is 16.3 Å². The molecular weight excluding hydrogens is 452 g/mol. The van der Waals surface area contributed by atoms with Crippen LogP contribution in [-0.2, 0) is 7.05 Å².